The lowest BCUT2D eigenvalue weighted by Gasteiger charge is -2.44. The summed E-state index contributed by atoms with van der Waals surface area (Å²) >= 11 is 0. The molecule has 1 saturated heterocycles. The van der Waals surface area contributed by atoms with Crippen molar-refractivity contribution in [1.29, 1.82) is 0 Å². The third-order valence-electron chi connectivity index (χ3n) is 4.74. The largest absolute Gasteiger partial charge is 0.471 e. The number of amides is 2. The molecule has 5 unspecified atom stereocenters. The fourth-order valence-electron chi connectivity index (χ4n) is 3.32. The molecule has 17 heteroatoms. The van der Waals surface area contributed by atoms with E-state index in [2.05, 4.69) is 5.32 Å². The number of esters is 3. The number of halogens is 3. The number of carbonyl (C=O) groups is 5. The quantitative estimate of drug-likeness (QED) is 0.144. The van der Waals surface area contributed by atoms with Crippen molar-refractivity contribution in [3.63, 3.8) is 0 Å². The van der Waals surface area contributed by atoms with Gasteiger partial charge in [-0.05, 0) is 0 Å². The summed E-state index contributed by atoms with van der Waals surface area (Å²) in [5.74, 6) is -4.74. The molecule has 1 rings (SSSR count). The van der Waals surface area contributed by atoms with Gasteiger partial charge >= 0.3 is 30.0 Å². The molecule has 39 heavy (non-hydrogen) atoms. The van der Waals surface area contributed by atoms with Crippen LogP contribution in [-0.2, 0) is 57.1 Å². The van der Waals surface area contributed by atoms with Crippen LogP contribution in [0.2, 0.25) is 0 Å². The van der Waals surface area contributed by atoms with E-state index < -0.39 is 66.5 Å². The van der Waals surface area contributed by atoms with Crippen molar-refractivity contribution in [2.24, 2.45) is 0 Å². The number of carbonyl (C=O) groups excluding carboxylic acids is 5. The van der Waals surface area contributed by atoms with Gasteiger partial charge in [-0.25, -0.2) is 0 Å². The summed E-state index contributed by atoms with van der Waals surface area (Å²) in [4.78, 5) is 57.4. The highest BCUT2D eigenvalue weighted by molar-refractivity contribution is 5.81. The standard InChI is InChI=1S/C22H33F3N2O12/c1-12(28)27-17-19(38-15(4)31)18(37-14(3)30)16(11-36-13(2)29)39-20(17)35-10-9-34-8-7-33-6-5-26-21(32)22(23,24)25/h16-20H,5-11H2,1-4H3,(H,26,32)(H,27,28). The minimum atomic E-state index is -4.97. The van der Waals surface area contributed by atoms with Crippen LogP contribution in [0.25, 0.3) is 0 Å². The van der Waals surface area contributed by atoms with Gasteiger partial charge in [-0.15, -0.1) is 0 Å². The normalized spacial score (nSPS) is 22.9. The summed E-state index contributed by atoms with van der Waals surface area (Å²) in [5.41, 5.74) is 0. The summed E-state index contributed by atoms with van der Waals surface area (Å²) in [5, 5.41) is 4.20. The monoisotopic (exact) mass is 574 g/mol. The zero-order valence-corrected chi connectivity index (χ0v) is 21.9. The predicted octanol–water partition coefficient (Wildman–Crippen LogP) is -0.629. The van der Waals surface area contributed by atoms with Crippen LogP contribution in [0.5, 0.6) is 0 Å². The van der Waals surface area contributed by atoms with Crippen molar-refractivity contribution < 1.29 is 70.3 Å². The van der Waals surface area contributed by atoms with Crippen LogP contribution in [0.4, 0.5) is 13.2 Å². The maximum Gasteiger partial charge on any atom is 0.471 e. The second kappa shape index (κ2) is 16.8. The number of hydrogen-bond donors (Lipinski definition) is 2. The molecule has 0 aromatic carbocycles. The lowest BCUT2D eigenvalue weighted by atomic mass is 9.96. The summed E-state index contributed by atoms with van der Waals surface area (Å²) in [6.07, 6.45) is -9.85. The average Bonchev–Trinajstić information content (AvgIpc) is 2.80. The molecule has 5 atom stereocenters. The van der Waals surface area contributed by atoms with Crippen molar-refractivity contribution in [2.75, 3.05) is 46.2 Å². The highest BCUT2D eigenvalue weighted by atomic mass is 19.4. The van der Waals surface area contributed by atoms with E-state index in [1.165, 1.54) is 6.92 Å². The van der Waals surface area contributed by atoms with Gasteiger partial charge in [-0.2, -0.15) is 13.2 Å². The Labute approximate surface area is 222 Å². The lowest BCUT2D eigenvalue weighted by Crippen LogP contribution is -2.66. The van der Waals surface area contributed by atoms with Gasteiger partial charge in [0.2, 0.25) is 5.91 Å². The smallest absolute Gasteiger partial charge is 0.463 e. The van der Waals surface area contributed by atoms with Gasteiger partial charge in [0.05, 0.1) is 33.0 Å². The van der Waals surface area contributed by atoms with Gasteiger partial charge in [-0.3, -0.25) is 24.0 Å². The maximum atomic E-state index is 12.1. The zero-order chi connectivity index (χ0) is 29.6. The van der Waals surface area contributed by atoms with Crippen LogP contribution < -0.4 is 10.6 Å². The Bertz CT molecular complexity index is 842. The first kappa shape index (κ1) is 34.0. The molecule has 0 radical (unpaired) electrons. The minimum Gasteiger partial charge on any atom is -0.463 e. The summed E-state index contributed by atoms with van der Waals surface area (Å²) in [6.45, 7) is 3.63. The predicted molar refractivity (Wildman–Crippen MR) is 121 cm³/mol. The molecule has 0 saturated carbocycles. The Balaban J connectivity index is 2.69. The van der Waals surface area contributed by atoms with Gasteiger partial charge in [0.15, 0.2) is 18.5 Å². The van der Waals surface area contributed by atoms with Crippen LogP contribution in [0.3, 0.4) is 0 Å². The minimum absolute atomic E-state index is 0.0129. The third-order valence-corrected chi connectivity index (χ3v) is 4.74. The Kier molecular flexibility index (Phi) is 14.7. The Morgan fingerprint density at radius 3 is 1.90 bits per heavy atom. The van der Waals surface area contributed by atoms with Gasteiger partial charge in [0, 0.05) is 34.2 Å². The van der Waals surface area contributed by atoms with E-state index in [9.17, 15) is 37.1 Å². The molecule has 0 spiro atoms. The molecule has 0 aliphatic carbocycles. The van der Waals surface area contributed by atoms with Crippen LogP contribution in [-0.4, -0.2) is 113 Å². The van der Waals surface area contributed by atoms with Crippen molar-refractivity contribution in [2.45, 2.75) is 64.5 Å². The number of alkyl halides is 3. The highest BCUT2D eigenvalue weighted by Gasteiger charge is 2.51. The van der Waals surface area contributed by atoms with E-state index in [0.717, 1.165) is 20.8 Å². The molecule has 224 valence electrons. The molecule has 14 nitrogen and oxygen atoms in total. The van der Waals surface area contributed by atoms with E-state index in [0.29, 0.717) is 0 Å². The average molecular weight is 575 g/mol. The molecule has 0 aromatic heterocycles. The van der Waals surface area contributed by atoms with E-state index in [1.807, 2.05) is 0 Å². The number of nitrogens with one attached hydrogen (secondary N) is 2. The fourth-order valence-corrected chi connectivity index (χ4v) is 3.32. The van der Waals surface area contributed by atoms with Gasteiger partial charge < -0.3 is 43.8 Å². The van der Waals surface area contributed by atoms with Gasteiger partial charge in [0.1, 0.15) is 18.8 Å². The lowest BCUT2D eigenvalue weighted by molar-refractivity contribution is -0.279. The first-order chi connectivity index (χ1) is 18.2. The summed E-state index contributed by atoms with van der Waals surface area (Å²) in [6, 6.07) is -1.13. The summed E-state index contributed by atoms with van der Waals surface area (Å²) in [7, 11) is 0. The molecule has 2 N–H and O–H groups in total. The van der Waals surface area contributed by atoms with E-state index in [4.69, 9.17) is 33.2 Å². The van der Waals surface area contributed by atoms with Crippen LogP contribution in [0, 0.1) is 0 Å². The number of rotatable bonds is 15. The topological polar surface area (TPSA) is 174 Å². The van der Waals surface area contributed by atoms with Crippen LogP contribution >= 0.6 is 0 Å². The molecule has 1 aliphatic rings. The molecule has 2 amide bonds. The molecular formula is C22H33F3N2O12. The molecular weight excluding hydrogens is 541 g/mol. The van der Waals surface area contributed by atoms with E-state index in [-0.39, 0.29) is 46.2 Å². The van der Waals surface area contributed by atoms with E-state index in [1.54, 1.807) is 5.32 Å². The zero-order valence-electron chi connectivity index (χ0n) is 21.9. The molecule has 1 aliphatic heterocycles. The molecule has 1 fully saturated rings. The van der Waals surface area contributed by atoms with Crippen molar-refractivity contribution in [3.8, 4) is 0 Å². The van der Waals surface area contributed by atoms with Crippen LogP contribution in [0.1, 0.15) is 27.7 Å². The number of hydrogen-bond acceptors (Lipinski definition) is 12. The van der Waals surface area contributed by atoms with Gasteiger partial charge in [-0.1, -0.05) is 0 Å². The Morgan fingerprint density at radius 1 is 0.795 bits per heavy atom. The van der Waals surface area contributed by atoms with Crippen molar-refractivity contribution in [3.05, 3.63) is 0 Å². The maximum absolute atomic E-state index is 12.1. The van der Waals surface area contributed by atoms with Crippen molar-refractivity contribution >= 4 is 29.7 Å². The van der Waals surface area contributed by atoms with E-state index >= 15 is 0 Å². The SMILES string of the molecule is CC(=O)NC1C(OCCOCCOCCNC(=O)C(F)(F)F)OC(COC(C)=O)C(OC(C)=O)C1OC(C)=O. The van der Waals surface area contributed by atoms with Crippen LogP contribution in [0.15, 0.2) is 0 Å². The summed E-state index contributed by atoms with van der Waals surface area (Å²) < 4.78 is 73.7. The molecule has 0 bridgehead atoms. The second-order valence-electron chi connectivity index (χ2n) is 8.07. The Morgan fingerprint density at radius 2 is 1.36 bits per heavy atom. The first-order valence-corrected chi connectivity index (χ1v) is 11.7. The highest BCUT2D eigenvalue weighted by Crippen LogP contribution is 2.28. The fraction of sp³-hybridized carbons (Fsp3) is 0.773. The second-order valence-corrected chi connectivity index (χ2v) is 8.07. The Hall–Kier alpha value is -3.02. The van der Waals surface area contributed by atoms with Crippen molar-refractivity contribution in [1.82, 2.24) is 10.6 Å². The molecule has 1 heterocycles. The van der Waals surface area contributed by atoms with Gasteiger partial charge in [0.25, 0.3) is 0 Å². The number of ether oxygens (including phenoxy) is 7. The molecule has 0 aromatic rings. The first-order valence-electron chi connectivity index (χ1n) is 11.7. The third kappa shape index (κ3) is 13.6.